The van der Waals surface area contributed by atoms with Gasteiger partial charge in [0, 0.05) is 6.54 Å². The van der Waals surface area contributed by atoms with E-state index in [1.807, 2.05) is 0 Å². The molecule has 1 unspecified atom stereocenters. The number of carbonyl (C=O) groups excluding carboxylic acids is 1. The van der Waals surface area contributed by atoms with E-state index < -0.39 is 5.91 Å². The van der Waals surface area contributed by atoms with Crippen LogP contribution in [-0.4, -0.2) is 34.0 Å². The van der Waals surface area contributed by atoms with Crippen molar-refractivity contribution in [3.8, 4) is 0 Å². The highest BCUT2D eigenvalue weighted by Gasteiger charge is 2.14. The lowest BCUT2D eigenvalue weighted by atomic mass is 10.2. The number of aromatic nitrogens is 2. The highest BCUT2D eigenvalue weighted by molar-refractivity contribution is 5.95. The summed E-state index contributed by atoms with van der Waals surface area (Å²) in [4.78, 5) is 11.4. The molecule has 7 heteroatoms. The summed E-state index contributed by atoms with van der Waals surface area (Å²) in [6, 6.07) is 0. The minimum atomic E-state index is -0.417. The molecule has 7 nitrogen and oxygen atoms in total. The average molecular weight is 214 g/mol. The normalized spacial score (nSPS) is 12.4. The number of nitrogens with zero attached hydrogens (tertiary/aromatic N) is 2. The first-order chi connectivity index (χ1) is 7.11. The van der Waals surface area contributed by atoms with Gasteiger partial charge in [0.25, 0.3) is 5.91 Å². The fraction of sp³-hybridized carbons (Fsp3) is 0.625. The zero-order chi connectivity index (χ0) is 11.3. The number of anilines is 1. The van der Waals surface area contributed by atoms with Crippen LogP contribution in [-0.2, 0) is 0 Å². The van der Waals surface area contributed by atoms with Gasteiger partial charge in [-0.25, -0.2) is 4.63 Å². The minimum absolute atomic E-state index is 0.00736. The molecule has 15 heavy (non-hydrogen) atoms. The van der Waals surface area contributed by atoms with Crippen LogP contribution in [0.4, 0.5) is 5.82 Å². The number of aliphatic hydroxyl groups is 1. The summed E-state index contributed by atoms with van der Waals surface area (Å²) < 4.78 is 4.29. The highest BCUT2D eigenvalue weighted by atomic mass is 16.6. The number of nitrogens with two attached hydrogens (primary N) is 1. The number of aliphatic hydroxyl groups excluding tert-OH is 1. The van der Waals surface area contributed by atoms with E-state index in [1.165, 1.54) is 0 Å². The second-order valence-electron chi connectivity index (χ2n) is 3.25. The predicted molar refractivity (Wildman–Crippen MR) is 52.0 cm³/mol. The van der Waals surface area contributed by atoms with Crippen LogP contribution in [0.5, 0.6) is 0 Å². The number of rotatable bonds is 5. The number of amides is 1. The molecule has 1 aromatic heterocycles. The standard InChI is InChI=1S/C8H14N4O3/c1-5(13)3-2-4-10-8(14)6-7(9)12-15-11-6/h5,13H,2-4H2,1H3,(H2,9,12)(H,10,14). The van der Waals surface area contributed by atoms with Gasteiger partial charge in [-0.2, -0.15) is 0 Å². The SMILES string of the molecule is CC(O)CCCNC(=O)c1nonc1N. The molecule has 0 saturated carbocycles. The number of nitrogen functional groups attached to an aromatic ring is 1. The smallest absolute Gasteiger partial charge is 0.277 e. The molecule has 1 heterocycles. The van der Waals surface area contributed by atoms with Crippen molar-refractivity contribution in [3.63, 3.8) is 0 Å². The molecule has 84 valence electrons. The lowest BCUT2D eigenvalue weighted by molar-refractivity contribution is 0.0940. The second-order valence-corrected chi connectivity index (χ2v) is 3.25. The third-order valence-electron chi connectivity index (χ3n) is 1.81. The average Bonchev–Trinajstić information content (AvgIpc) is 2.58. The van der Waals surface area contributed by atoms with E-state index in [4.69, 9.17) is 10.8 Å². The third-order valence-corrected chi connectivity index (χ3v) is 1.81. The number of carbonyl (C=O) groups is 1. The van der Waals surface area contributed by atoms with Crippen molar-refractivity contribution >= 4 is 11.7 Å². The molecule has 0 fully saturated rings. The maximum absolute atomic E-state index is 11.4. The van der Waals surface area contributed by atoms with Crippen LogP contribution in [0.15, 0.2) is 4.63 Å². The van der Waals surface area contributed by atoms with Crippen molar-refractivity contribution < 1.29 is 14.5 Å². The van der Waals surface area contributed by atoms with Gasteiger partial charge in [0.1, 0.15) is 0 Å². The van der Waals surface area contributed by atoms with E-state index >= 15 is 0 Å². The summed E-state index contributed by atoms with van der Waals surface area (Å²) in [7, 11) is 0. The molecule has 0 bridgehead atoms. The van der Waals surface area contributed by atoms with Gasteiger partial charge >= 0.3 is 0 Å². The summed E-state index contributed by atoms with van der Waals surface area (Å²) in [5.41, 5.74) is 5.32. The highest BCUT2D eigenvalue weighted by Crippen LogP contribution is 2.03. The molecular weight excluding hydrogens is 200 g/mol. The lowest BCUT2D eigenvalue weighted by Crippen LogP contribution is -2.26. The number of hydrogen-bond acceptors (Lipinski definition) is 6. The van der Waals surface area contributed by atoms with Gasteiger partial charge in [-0.1, -0.05) is 0 Å². The maximum Gasteiger partial charge on any atom is 0.277 e. The summed E-state index contributed by atoms with van der Waals surface area (Å²) in [6.45, 7) is 2.15. The summed E-state index contributed by atoms with van der Waals surface area (Å²) in [5, 5.41) is 18.2. The van der Waals surface area contributed by atoms with E-state index in [0.29, 0.717) is 19.4 Å². The third kappa shape index (κ3) is 3.55. The van der Waals surface area contributed by atoms with Gasteiger partial charge in [0.15, 0.2) is 0 Å². The molecule has 0 aliphatic heterocycles. The summed E-state index contributed by atoms with van der Waals surface area (Å²) in [5.74, 6) is -0.442. The summed E-state index contributed by atoms with van der Waals surface area (Å²) >= 11 is 0. The van der Waals surface area contributed by atoms with Crippen LogP contribution >= 0.6 is 0 Å². The van der Waals surface area contributed by atoms with Gasteiger partial charge < -0.3 is 16.2 Å². The van der Waals surface area contributed by atoms with Crippen LogP contribution in [0.3, 0.4) is 0 Å². The zero-order valence-corrected chi connectivity index (χ0v) is 8.43. The molecule has 1 aromatic rings. The maximum atomic E-state index is 11.4. The van der Waals surface area contributed by atoms with E-state index in [0.717, 1.165) is 0 Å². The van der Waals surface area contributed by atoms with E-state index in [1.54, 1.807) is 6.92 Å². The quantitative estimate of drug-likeness (QED) is 0.571. The summed E-state index contributed by atoms with van der Waals surface area (Å²) in [6.07, 6.45) is 0.960. The Hall–Kier alpha value is -1.63. The van der Waals surface area contributed by atoms with Crippen molar-refractivity contribution in [2.75, 3.05) is 12.3 Å². The predicted octanol–water partition coefficient (Wildman–Crippen LogP) is -0.457. The van der Waals surface area contributed by atoms with E-state index in [2.05, 4.69) is 20.3 Å². The molecule has 0 saturated heterocycles. The van der Waals surface area contributed by atoms with Crippen LogP contribution in [0.1, 0.15) is 30.3 Å². The first-order valence-corrected chi connectivity index (χ1v) is 4.65. The molecule has 1 rings (SSSR count). The molecule has 0 aromatic carbocycles. The van der Waals surface area contributed by atoms with E-state index in [9.17, 15) is 4.79 Å². The Labute approximate surface area is 86.6 Å². The van der Waals surface area contributed by atoms with Crippen LogP contribution in [0.25, 0.3) is 0 Å². The van der Waals surface area contributed by atoms with Gasteiger partial charge in [-0.3, -0.25) is 4.79 Å². The van der Waals surface area contributed by atoms with Crippen LogP contribution in [0.2, 0.25) is 0 Å². The molecule has 0 radical (unpaired) electrons. The molecule has 0 aliphatic rings. The monoisotopic (exact) mass is 214 g/mol. The molecule has 1 amide bonds. The number of hydrogen-bond donors (Lipinski definition) is 3. The molecular formula is C8H14N4O3. The van der Waals surface area contributed by atoms with Gasteiger partial charge in [-0.05, 0) is 30.1 Å². The lowest BCUT2D eigenvalue weighted by Gasteiger charge is -2.04. The van der Waals surface area contributed by atoms with Gasteiger partial charge in [0.2, 0.25) is 11.5 Å². The Morgan fingerprint density at radius 3 is 2.93 bits per heavy atom. The Morgan fingerprint density at radius 1 is 1.67 bits per heavy atom. The van der Waals surface area contributed by atoms with Crippen molar-refractivity contribution in [2.45, 2.75) is 25.9 Å². The second kappa shape index (κ2) is 5.30. The largest absolute Gasteiger partial charge is 0.393 e. The van der Waals surface area contributed by atoms with Crippen molar-refractivity contribution in [3.05, 3.63) is 5.69 Å². The zero-order valence-electron chi connectivity index (χ0n) is 8.43. The Kier molecular flexibility index (Phi) is 4.04. The number of nitrogens with one attached hydrogen (secondary N) is 1. The van der Waals surface area contributed by atoms with Crippen LogP contribution in [0, 0.1) is 0 Å². The van der Waals surface area contributed by atoms with Gasteiger partial charge in [0.05, 0.1) is 6.10 Å². The fourth-order valence-corrected chi connectivity index (χ4v) is 1.04. The Morgan fingerprint density at radius 2 is 2.40 bits per heavy atom. The van der Waals surface area contributed by atoms with Crippen molar-refractivity contribution in [1.29, 1.82) is 0 Å². The molecule has 0 spiro atoms. The van der Waals surface area contributed by atoms with Crippen molar-refractivity contribution in [1.82, 2.24) is 15.6 Å². The first kappa shape index (κ1) is 11.4. The molecule has 4 N–H and O–H groups in total. The molecule has 0 aliphatic carbocycles. The Bertz CT molecular complexity index is 323. The fourth-order valence-electron chi connectivity index (χ4n) is 1.04. The van der Waals surface area contributed by atoms with Gasteiger partial charge in [-0.15, -0.1) is 0 Å². The van der Waals surface area contributed by atoms with Crippen molar-refractivity contribution in [2.24, 2.45) is 0 Å². The van der Waals surface area contributed by atoms with E-state index in [-0.39, 0.29) is 17.6 Å². The van der Waals surface area contributed by atoms with Crippen LogP contribution < -0.4 is 11.1 Å². The molecule has 1 atom stereocenters. The first-order valence-electron chi connectivity index (χ1n) is 4.65. The Balaban J connectivity index is 2.28. The minimum Gasteiger partial charge on any atom is -0.393 e. The topological polar surface area (TPSA) is 114 Å².